The second-order valence-electron chi connectivity index (χ2n) is 4.63. The number of aromatic nitrogens is 4. The molecule has 0 aliphatic rings. The lowest BCUT2D eigenvalue weighted by molar-refractivity contribution is 0.501. The maximum atomic E-state index is 5.66. The van der Waals surface area contributed by atoms with Crippen molar-refractivity contribution in [1.82, 2.24) is 25.0 Å². The van der Waals surface area contributed by atoms with Crippen LogP contribution in [0.4, 0.5) is 0 Å². The molecule has 6 nitrogen and oxygen atoms in total. The van der Waals surface area contributed by atoms with Gasteiger partial charge in [0.2, 0.25) is 0 Å². The Kier molecular flexibility index (Phi) is 4.34. The first-order valence-corrected chi connectivity index (χ1v) is 6.69. The topological polar surface area (TPSA) is 73.7 Å². The summed E-state index contributed by atoms with van der Waals surface area (Å²) in [7, 11) is 1.91. The van der Waals surface area contributed by atoms with Gasteiger partial charge in [0, 0.05) is 31.9 Å². The van der Waals surface area contributed by atoms with E-state index in [1.54, 1.807) is 4.68 Å². The smallest absolute Gasteiger partial charge is 0.0811 e. The van der Waals surface area contributed by atoms with E-state index in [1.807, 2.05) is 24.0 Å². The number of hydrazine groups is 1. The maximum absolute atomic E-state index is 5.66. The number of rotatable bonds is 6. The van der Waals surface area contributed by atoms with E-state index in [0.29, 0.717) is 0 Å². The predicted molar refractivity (Wildman–Crippen MR) is 74.3 cm³/mol. The summed E-state index contributed by atoms with van der Waals surface area (Å²) in [6.07, 6.45) is 3.66. The molecule has 2 rings (SSSR count). The largest absolute Gasteiger partial charge is 0.275 e. The number of hydrogen-bond acceptors (Lipinski definition) is 4. The fraction of sp³-hybridized carbons (Fsp3) is 0.538. The molecule has 0 fully saturated rings. The van der Waals surface area contributed by atoms with Gasteiger partial charge in [0.25, 0.3) is 0 Å². The van der Waals surface area contributed by atoms with Crippen LogP contribution in [0.2, 0.25) is 0 Å². The molecule has 0 aliphatic heterocycles. The van der Waals surface area contributed by atoms with Gasteiger partial charge in [-0.3, -0.25) is 20.6 Å². The van der Waals surface area contributed by atoms with E-state index < -0.39 is 0 Å². The van der Waals surface area contributed by atoms with Gasteiger partial charge in [-0.25, -0.2) is 0 Å². The highest BCUT2D eigenvalue weighted by molar-refractivity contribution is 5.15. The first kappa shape index (κ1) is 13.8. The van der Waals surface area contributed by atoms with E-state index in [2.05, 4.69) is 35.5 Å². The molecular formula is C13H22N6. The summed E-state index contributed by atoms with van der Waals surface area (Å²) in [5.74, 6) is 5.66. The highest BCUT2D eigenvalue weighted by Crippen LogP contribution is 2.17. The number of nitrogens with zero attached hydrogens (tertiary/aromatic N) is 4. The van der Waals surface area contributed by atoms with Crippen LogP contribution in [0.3, 0.4) is 0 Å². The minimum atomic E-state index is 0.00732. The third-order valence-electron chi connectivity index (χ3n) is 3.28. The summed E-state index contributed by atoms with van der Waals surface area (Å²) in [6.45, 7) is 5.08. The molecule has 6 heteroatoms. The lowest BCUT2D eigenvalue weighted by Gasteiger charge is -2.14. The van der Waals surface area contributed by atoms with Gasteiger partial charge in [0.05, 0.1) is 17.4 Å². The summed E-state index contributed by atoms with van der Waals surface area (Å²) in [6, 6.07) is 4.14. The van der Waals surface area contributed by atoms with Crippen LogP contribution in [0.5, 0.6) is 0 Å². The van der Waals surface area contributed by atoms with E-state index in [9.17, 15) is 0 Å². The van der Waals surface area contributed by atoms with Crippen LogP contribution in [-0.4, -0.2) is 19.6 Å². The molecule has 0 aromatic carbocycles. The fourth-order valence-electron chi connectivity index (χ4n) is 2.20. The van der Waals surface area contributed by atoms with E-state index in [0.717, 1.165) is 30.8 Å². The van der Waals surface area contributed by atoms with Crippen LogP contribution >= 0.6 is 0 Å². The lowest BCUT2D eigenvalue weighted by Crippen LogP contribution is -2.30. The first-order chi connectivity index (χ1) is 9.17. The normalized spacial score (nSPS) is 12.8. The van der Waals surface area contributed by atoms with Crippen molar-refractivity contribution in [3.8, 4) is 0 Å². The highest BCUT2D eigenvalue weighted by atomic mass is 15.3. The number of nitrogens with one attached hydrogen (secondary N) is 1. The third-order valence-corrected chi connectivity index (χ3v) is 3.28. The van der Waals surface area contributed by atoms with Gasteiger partial charge in [0.1, 0.15) is 0 Å². The molecule has 2 aromatic heterocycles. The first-order valence-electron chi connectivity index (χ1n) is 6.69. The van der Waals surface area contributed by atoms with Crippen molar-refractivity contribution in [2.45, 2.75) is 39.3 Å². The highest BCUT2D eigenvalue weighted by Gasteiger charge is 2.16. The second kappa shape index (κ2) is 5.99. The Bertz CT molecular complexity index is 527. The molecule has 0 amide bonds. The molecule has 0 radical (unpaired) electrons. The van der Waals surface area contributed by atoms with E-state index in [-0.39, 0.29) is 6.04 Å². The molecule has 104 valence electrons. The van der Waals surface area contributed by atoms with Crippen LogP contribution in [0.25, 0.3) is 0 Å². The monoisotopic (exact) mass is 262 g/mol. The van der Waals surface area contributed by atoms with Crippen LogP contribution in [0, 0.1) is 0 Å². The quantitative estimate of drug-likeness (QED) is 0.600. The summed E-state index contributed by atoms with van der Waals surface area (Å²) < 4.78 is 3.82. The van der Waals surface area contributed by atoms with Gasteiger partial charge in [-0.1, -0.05) is 6.92 Å². The van der Waals surface area contributed by atoms with Gasteiger partial charge >= 0.3 is 0 Å². The minimum absolute atomic E-state index is 0.00732. The van der Waals surface area contributed by atoms with Crippen molar-refractivity contribution in [2.24, 2.45) is 12.9 Å². The maximum Gasteiger partial charge on any atom is 0.0811 e. The van der Waals surface area contributed by atoms with Gasteiger partial charge in [-0.15, -0.1) is 0 Å². The molecule has 19 heavy (non-hydrogen) atoms. The Hall–Kier alpha value is -1.66. The molecule has 0 aliphatic carbocycles. The van der Waals surface area contributed by atoms with Crippen LogP contribution in [0.1, 0.15) is 37.0 Å². The van der Waals surface area contributed by atoms with Crippen LogP contribution in [-0.2, 0) is 26.4 Å². The van der Waals surface area contributed by atoms with Crippen molar-refractivity contribution in [3.05, 3.63) is 35.4 Å². The second-order valence-corrected chi connectivity index (χ2v) is 4.63. The van der Waals surface area contributed by atoms with Crippen molar-refractivity contribution >= 4 is 0 Å². The Labute approximate surface area is 113 Å². The molecule has 0 saturated heterocycles. The van der Waals surface area contributed by atoms with Crippen molar-refractivity contribution in [3.63, 3.8) is 0 Å². The fourth-order valence-corrected chi connectivity index (χ4v) is 2.20. The van der Waals surface area contributed by atoms with E-state index in [1.165, 1.54) is 5.69 Å². The van der Waals surface area contributed by atoms with Crippen molar-refractivity contribution in [1.29, 1.82) is 0 Å². The molecule has 0 saturated carbocycles. The number of nitrogens with two attached hydrogens (primary N) is 1. The summed E-state index contributed by atoms with van der Waals surface area (Å²) in [5.41, 5.74) is 6.10. The van der Waals surface area contributed by atoms with Gasteiger partial charge in [-0.2, -0.15) is 10.2 Å². The number of hydrogen-bond donors (Lipinski definition) is 2. The zero-order valence-corrected chi connectivity index (χ0v) is 11.8. The molecule has 2 aromatic rings. The molecule has 0 bridgehead atoms. The molecule has 0 spiro atoms. The average molecular weight is 262 g/mol. The van der Waals surface area contributed by atoms with Crippen LogP contribution < -0.4 is 11.3 Å². The molecule has 3 N–H and O–H groups in total. The van der Waals surface area contributed by atoms with Gasteiger partial charge in [0.15, 0.2) is 0 Å². The Morgan fingerprint density at radius 2 is 2.16 bits per heavy atom. The molecule has 2 heterocycles. The Balaban J connectivity index is 2.20. The Morgan fingerprint density at radius 1 is 1.37 bits per heavy atom. The van der Waals surface area contributed by atoms with Crippen molar-refractivity contribution < 1.29 is 0 Å². The molecular weight excluding hydrogens is 240 g/mol. The number of aryl methyl sites for hydroxylation is 3. The third kappa shape index (κ3) is 3.02. The molecule has 1 atom stereocenters. The summed E-state index contributed by atoms with van der Waals surface area (Å²) in [4.78, 5) is 0. The average Bonchev–Trinajstić information content (AvgIpc) is 3.01. The minimum Gasteiger partial charge on any atom is -0.275 e. The lowest BCUT2D eigenvalue weighted by atomic mass is 10.1. The van der Waals surface area contributed by atoms with E-state index in [4.69, 9.17) is 5.84 Å². The predicted octanol–water partition coefficient (Wildman–Crippen LogP) is 0.946. The molecule has 1 unspecified atom stereocenters. The van der Waals surface area contributed by atoms with E-state index >= 15 is 0 Å². The zero-order chi connectivity index (χ0) is 13.8. The Morgan fingerprint density at radius 3 is 2.68 bits per heavy atom. The standard InChI is InChI=1S/C13H22N6/c1-4-10-8-11(19(5-2)16-10)9-13(15-14)12-6-7-18(3)17-12/h6-8,13,15H,4-5,9,14H2,1-3H3. The zero-order valence-electron chi connectivity index (χ0n) is 11.8. The SMILES string of the molecule is CCc1cc(CC(NN)c2ccn(C)n2)n(CC)n1. The van der Waals surface area contributed by atoms with Crippen molar-refractivity contribution in [2.75, 3.05) is 0 Å². The van der Waals surface area contributed by atoms with Gasteiger partial charge < -0.3 is 0 Å². The van der Waals surface area contributed by atoms with Crippen LogP contribution in [0.15, 0.2) is 18.3 Å². The van der Waals surface area contributed by atoms with Gasteiger partial charge in [-0.05, 0) is 25.5 Å². The summed E-state index contributed by atoms with van der Waals surface area (Å²) >= 11 is 0. The summed E-state index contributed by atoms with van der Waals surface area (Å²) in [5, 5.41) is 8.96.